The van der Waals surface area contributed by atoms with Crippen molar-refractivity contribution in [1.29, 1.82) is 0 Å². The van der Waals surface area contributed by atoms with Gasteiger partial charge in [0.15, 0.2) is 0 Å². The Morgan fingerprint density at radius 3 is 2.35 bits per heavy atom. The van der Waals surface area contributed by atoms with Gasteiger partial charge in [0, 0.05) is 11.7 Å². The van der Waals surface area contributed by atoms with E-state index in [1.807, 2.05) is 13.8 Å². The van der Waals surface area contributed by atoms with E-state index in [0.717, 1.165) is 12.1 Å². The number of nitrogens with one attached hydrogen (secondary N) is 1. The summed E-state index contributed by atoms with van der Waals surface area (Å²) in [4.78, 5) is -0.137. The van der Waals surface area contributed by atoms with Crippen molar-refractivity contribution in [2.75, 3.05) is 5.73 Å². The predicted octanol–water partition coefficient (Wildman–Crippen LogP) is 1.87. The molecule has 0 aliphatic heterocycles. The average Bonchev–Trinajstić information content (AvgIpc) is 2.24. The Bertz CT molecular complexity index is 464. The lowest BCUT2D eigenvalue weighted by atomic mass is 10.2. The zero-order chi connectivity index (χ0) is 13.1. The molecule has 1 aromatic rings. The number of hydrogen-bond donors (Lipinski definition) is 2. The number of nitrogens with two attached hydrogens (primary N) is 1. The summed E-state index contributed by atoms with van der Waals surface area (Å²) in [7, 11) is -3.70. The Morgan fingerprint density at radius 1 is 1.29 bits per heavy atom. The first-order valence-electron chi connectivity index (χ1n) is 5.47. The summed E-state index contributed by atoms with van der Waals surface area (Å²) in [6.07, 6.45) is 1.36. The summed E-state index contributed by atoms with van der Waals surface area (Å²) in [5.74, 6) is -0.657. The first kappa shape index (κ1) is 13.9. The number of anilines is 1. The highest BCUT2D eigenvalue weighted by Crippen LogP contribution is 2.16. The van der Waals surface area contributed by atoms with Crippen LogP contribution >= 0.6 is 0 Å². The highest BCUT2D eigenvalue weighted by Gasteiger charge is 2.19. The van der Waals surface area contributed by atoms with E-state index in [1.165, 1.54) is 6.07 Å². The lowest BCUT2D eigenvalue weighted by Gasteiger charge is -2.15. The van der Waals surface area contributed by atoms with Crippen LogP contribution in [-0.4, -0.2) is 14.5 Å². The van der Waals surface area contributed by atoms with Gasteiger partial charge in [-0.25, -0.2) is 17.5 Å². The lowest BCUT2D eigenvalue weighted by molar-refractivity contribution is 0.529. The van der Waals surface area contributed by atoms with Crippen LogP contribution in [0.4, 0.5) is 10.1 Å². The molecule has 0 radical (unpaired) electrons. The van der Waals surface area contributed by atoms with Crippen LogP contribution in [0.2, 0.25) is 0 Å². The van der Waals surface area contributed by atoms with Crippen molar-refractivity contribution in [2.24, 2.45) is 0 Å². The maximum absolute atomic E-state index is 13.1. The van der Waals surface area contributed by atoms with Gasteiger partial charge < -0.3 is 5.73 Å². The molecule has 0 spiro atoms. The molecule has 0 aliphatic rings. The van der Waals surface area contributed by atoms with Gasteiger partial charge in [0.1, 0.15) is 5.82 Å². The Hall–Kier alpha value is -1.14. The van der Waals surface area contributed by atoms with Crippen LogP contribution in [0.1, 0.15) is 26.7 Å². The summed E-state index contributed by atoms with van der Waals surface area (Å²) in [6, 6.07) is 3.13. The van der Waals surface area contributed by atoms with Crippen molar-refractivity contribution >= 4 is 15.7 Å². The summed E-state index contributed by atoms with van der Waals surface area (Å²) < 4.78 is 39.5. The first-order chi connectivity index (χ1) is 7.89. The topological polar surface area (TPSA) is 72.2 Å². The van der Waals surface area contributed by atoms with Crippen molar-refractivity contribution in [3.8, 4) is 0 Å². The van der Waals surface area contributed by atoms with E-state index in [9.17, 15) is 12.8 Å². The fourth-order valence-electron chi connectivity index (χ4n) is 1.48. The molecule has 0 aliphatic carbocycles. The molecule has 1 rings (SSSR count). The molecular weight excluding hydrogens is 243 g/mol. The van der Waals surface area contributed by atoms with Crippen molar-refractivity contribution < 1.29 is 12.8 Å². The minimum atomic E-state index is -3.70. The molecule has 4 nitrogen and oxygen atoms in total. The van der Waals surface area contributed by atoms with Crippen LogP contribution in [0, 0.1) is 5.82 Å². The first-order valence-corrected chi connectivity index (χ1v) is 6.95. The summed E-state index contributed by atoms with van der Waals surface area (Å²) >= 11 is 0. The molecule has 0 heterocycles. The third-order valence-corrected chi connectivity index (χ3v) is 4.01. The van der Waals surface area contributed by atoms with Gasteiger partial charge in [-0.3, -0.25) is 0 Å². The fourth-order valence-corrected chi connectivity index (χ4v) is 2.95. The Balaban J connectivity index is 3.04. The lowest BCUT2D eigenvalue weighted by Crippen LogP contribution is -2.33. The number of rotatable bonds is 5. The van der Waals surface area contributed by atoms with Crippen molar-refractivity contribution in [2.45, 2.75) is 37.6 Å². The van der Waals surface area contributed by atoms with E-state index < -0.39 is 15.8 Å². The molecule has 1 aromatic carbocycles. The van der Waals surface area contributed by atoms with Gasteiger partial charge in [-0.1, -0.05) is 13.8 Å². The van der Waals surface area contributed by atoms with Gasteiger partial charge >= 0.3 is 0 Å². The highest BCUT2D eigenvalue weighted by atomic mass is 32.2. The molecule has 0 bridgehead atoms. The van der Waals surface area contributed by atoms with E-state index in [1.54, 1.807) is 0 Å². The molecule has 0 amide bonds. The third kappa shape index (κ3) is 3.67. The second kappa shape index (κ2) is 5.46. The normalized spacial score (nSPS) is 12.0. The Kier molecular flexibility index (Phi) is 4.47. The van der Waals surface area contributed by atoms with Crippen LogP contribution in [0.25, 0.3) is 0 Å². The van der Waals surface area contributed by atoms with Gasteiger partial charge in [0.05, 0.1) is 4.90 Å². The van der Waals surface area contributed by atoms with Gasteiger partial charge in [-0.15, -0.1) is 0 Å². The number of hydrogen-bond acceptors (Lipinski definition) is 3. The second-order valence-corrected chi connectivity index (χ2v) is 5.57. The Morgan fingerprint density at radius 2 is 1.88 bits per heavy atom. The van der Waals surface area contributed by atoms with Gasteiger partial charge in [-0.05, 0) is 31.0 Å². The van der Waals surface area contributed by atoms with E-state index >= 15 is 0 Å². The maximum atomic E-state index is 13.1. The minimum absolute atomic E-state index is 0.0925. The monoisotopic (exact) mass is 260 g/mol. The van der Waals surface area contributed by atoms with Crippen LogP contribution in [0.15, 0.2) is 23.1 Å². The molecule has 0 aromatic heterocycles. The quantitative estimate of drug-likeness (QED) is 0.794. The zero-order valence-electron chi connectivity index (χ0n) is 9.90. The van der Waals surface area contributed by atoms with E-state index in [0.29, 0.717) is 12.8 Å². The van der Waals surface area contributed by atoms with Gasteiger partial charge in [0.2, 0.25) is 10.0 Å². The predicted molar refractivity (Wildman–Crippen MR) is 65.5 cm³/mol. The average molecular weight is 260 g/mol. The van der Waals surface area contributed by atoms with Crippen LogP contribution in [0.5, 0.6) is 0 Å². The van der Waals surface area contributed by atoms with E-state index in [-0.39, 0.29) is 16.6 Å². The molecule has 6 heteroatoms. The fraction of sp³-hybridized carbons (Fsp3) is 0.455. The second-order valence-electron chi connectivity index (χ2n) is 3.85. The zero-order valence-corrected chi connectivity index (χ0v) is 10.7. The summed E-state index contributed by atoms with van der Waals surface area (Å²) in [6.45, 7) is 3.77. The van der Waals surface area contributed by atoms with Crippen molar-refractivity contribution in [3.63, 3.8) is 0 Å². The molecule has 0 unspecified atom stereocenters. The number of nitrogen functional groups attached to an aromatic ring is 1. The highest BCUT2D eigenvalue weighted by molar-refractivity contribution is 7.89. The molecule has 96 valence electrons. The number of halogens is 1. The molecule has 0 atom stereocenters. The minimum Gasteiger partial charge on any atom is -0.399 e. The smallest absolute Gasteiger partial charge is 0.240 e. The summed E-state index contributed by atoms with van der Waals surface area (Å²) in [5, 5.41) is 0. The molecular formula is C11H17FN2O2S. The van der Waals surface area contributed by atoms with Gasteiger partial charge in [-0.2, -0.15) is 0 Å². The standard InChI is InChI=1S/C11H17FN2O2S/c1-3-10(4-2)14-17(15,16)11-6-8(12)5-9(13)7-11/h5-7,10,14H,3-4,13H2,1-2H3. The van der Waals surface area contributed by atoms with Gasteiger partial charge in [0.25, 0.3) is 0 Å². The van der Waals surface area contributed by atoms with Crippen LogP contribution in [-0.2, 0) is 10.0 Å². The summed E-state index contributed by atoms with van der Waals surface area (Å²) in [5.41, 5.74) is 5.51. The SMILES string of the molecule is CCC(CC)NS(=O)(=O)c1cc(N)cc(F)c1. The molecule has 0 fully saturated rings. The molecule has 0 saturated carbocycles. The maximum Gasteiger partial charge on any atom is 0.240 e. The number of sulfonamides is 1. The van der Waals surface area contributed by atoms with Crippen molar-refractivity contribution in [1.82, 2.24) is 4.72 Å². The number of benzene rings is 1. The molecule has 17 heavy (non-hydrogen) atoms. The van der Waals surface area contributed by atoms with E-state index in [4.69, 9.17) is 5.73 Å². The largest absolute Gasteiger partial charge is 0.399 e. The molecule has 0 saturated heterocycles. The van der Waals surface area contributed by atoms with Crippen molar-refractivity contribution in [3.05, 3.63) is 24.0 Å². The third-order valence-electron chi connectivity index (χ3n) is 2.51. The van der Waals surface area contributed by atoms with Crippen LogP contribution < -0.4 is 10.5 Å². The Labute approximate surface area is 101 Å². The van der Waals surface area contributed by atoms with Crippen LogP contribution in [0.3, 0.4) is 0 Å². The molecule has 3 N–H and O–H groups in total. The van der Waals surface area contributed by atoms with E-state index in [2.05, 4.69) is 4.72 Å².